The third-order valence-electron chi connectivity index (χ3n) is 1.20. The zero-order valence-corrected chi connectivity index (χ0v) is 6.37. The van der Waals surface area contributed by atoms with E-state index in [4.69, 9.17) is 0 Å². The molecular formula is C6H9N3O2. The molecule has 0 fully saturated rings. The van der Waals surface area contributed by atoms with Crippen LogP contribution in [0.25, 0.3) is 0 Å². The van der Waals surface area contributed by atoms with E-state index in [2.05, 4.69) is 15.3 Å². The van der Waals surface area contributed by atoms with Gasteiger partial charge in [-0.15, -0.1) is 0 Å². The molecule has 60 valence electrons. The number of imidazole rings is 1. The molecule has 0 bridgehead atoms. The Labute approximate surface area is 63.9 Å². The first-order valence-electron chi connectivity index (χ1n) is 3.11. The largest absolute Gasteiger partial charge is 0.393 e. The molecule has 0 atom stereocenters. The smallest absolute Gasteiger partial charge is 0.365 e. The Morgan fingerprint density at radius 1 is 1.82 bits per heavy atom. The molecule has 1 rings (SSSR count). The van der Waals surface area contributed by atoms with Crippen molar-refractivity contribution in [1.29, 1.82) is 0 Å². The molecule has 0 aliphatic rings. The molecule has 0 radical (unpaired) electrons. The molecule has 5 nitrogen and oxygen atoms in total. The van der Waals surface area contributed by atoms with E-state index in [1.54, 1.807) is 17.8 Å². The van der Waals surface area contributed by atoms with Crippen molar-refractivity contribution in [1.82, 2.24) is 15.0 Å². The third kappa shape index (κ3) is 1.56. The predicted octanol–water partition coefficient (Wildman–Crippen LogP) is -0.289. The Bertz CT molecular complexity index is 256. The average molecular weight is 155 g/mol. The minimum Gasteiger partial charge on any atom is -0.365 e. The van der Waals surface area contributed by atoms with Gasteiger partial charge < -0.3 is 9.40 Å². The number of aromatic nitrogens is 2. The molecule has 0 saturated carbocycles. The van der Waals surface area contributed by atoms with E-state index in [-0.39, 0.29) is 5.82 Å². The van der Waals surface area contributed by atoms with Crippen LogP contribution in [0, 0.1) is 0 Å². The molecule has 0 aliphatic heterocycles. The number of nitrogens with one attached hydrogen (secondary N) is 1. The molecule has 11 heavy (non-hydrogen) atoms. The molecule has 0 amide bonds. The minimum atomic E-state index is -0.486. The van der Waals surface area contributed by atoms with Gasteiger partial charge in [0.2, 0.25) is 5.82 Å². The van der Waals surface area contributed by atoms with Gasteiger partial charge in [0, 0.05) is 26.5 Å². The maximum Gasteiger partial charge on any atom is 0.393 e. The standard InChI is InChI=1S/C6H9N3O2/c1-7-11-6(10)5-8-3-4-9(5)2/h3-4,7H,1-2H3. The van der Waals surface area contributed by atoms with E-state index >= 15 is 0 Å². The number of carbonyl (C=O) groups excluding carboxylic acids is 1. The van der Waals surface area contributed by atoms with Crippen LogP contribution in [0.1, 0.15) is 10.6 Å². The number of hydrogen-bond donors (Lipinski definition) is 1. The molecule has 1 heterocycles. The fourth-order valence-electron chi connectivity index (χ4n) is 0.701. The van der Waals surface area contributed by atoms with Crippen molar-refractivity contribution in [2.24, 2.45) is 7.05 Å². The summed E-state index contributed by atoms with van der Waals surface area (Å²) in [5.41, 5.74) is 2.28. The van der Waals surface area contributed by atoms with E-state index in [1.807, 2.05) is 0 Å². The topological polar surface area (TPSA) is 56.1 Å². The molecule has 0 spiro atoms. The summed E-state index contributed by atoms with van der Waals surface area (Å²) in [4.78, 5) is 19.2. The van der Waals surface area contributed by atoms with Crippen molar-refractivity contribution in [2.45, 2.75) is 0 Å². The fraction of sp³-hybridized carbons (Fsp3) is 0.333. The summed E-state index contributed by atoms with van der Waals surface area (Å²) in [6.07, 6.45) is 3.21. The van der Waals surface area contributed by atoms with Crippen molar-refractivity contribution < 1.29 is 9.63 Å². The van der Waals surface area contributed by atoms with Crippen LogP contribution in [0.4, 0.5) is 0 Å². The Morgan fingerprint density at radius 2 is 2.55 bits per heavy atom. The Morgan fingerprint density at radius 3 is 3.00 bits per heavy atom. The van der Waals surface area contributed by atoms with E-state index in [1.165, 1.54) is 13.2 Å². The number of aryl methyl sites for hydroxylation is 1. The van der Waals surface area contributed by atoms with Gasteiger partial charge >= 0.3 is 5.97 Å². The van der Waals surface area contributed by atoms with Gasteiger partial charge in [-0.05, 0) is 0 Å². The quantitative estimate of drug-likeness (QED) is 0.596. The second-order valence-corrected chi connectivity index (χ2v) is 1.96. The Hall–Kier alpha value is -1.36. The van der Waals surface area contributed by atoms with Gasteiger partial charge in [-0.2, -0.15) is 5.48 Å². The molecule has 0 saturated heterocycles. The van der Waals surface area contributed by atoms with Crippen LogP contribution in [0.2, 0.25) is 0 Å². The van der Waals surface area contributed by atoms with Crippen molar-refractivity contribution in [3.63, 3.8) is 0 Å². The molecular weight excluding hydrogens is 146 g/mol. The van der Waals surface area contributed by atoms with Crippen molar-refractivity contribution >= 4 is 5.97 Å². The van der Waals surface area contributed by atoms with E-state index in [0.717, 1.165) is 0 Å². The van der Waals surface area contributed by atoms with Crippen molar-refractivity contribution in [2.75, 3.05) is 7.05 Å². The van der Waals surface area contributed by atoms with Gasteiger partial charge in [-0.1, -0.05) is 0 Å². The Balaban J connectivity index is 2.76. The van der Waals surface area contributed by atoms with Crippen LogP contribution in [-0.4, -0.2) is 22.6 Å². The summed E-state index contributed by atoms with van der Waals surface area (Å²) < 4.78 is 1.58. The molecule has 5 heteroatoms. The number of hydrogen-bond acceptors (Lipinski definition) is 4. The van der Waals surface area contributed by atoms with Crippen LogP contribution < -0.4 is 5.48 Å². The van der Waals surface area contributed by atoms with Crippen molar-refractivity contribution in [3.05, 3.63) is 18.2 Å². The van der Waals surface area contributed by atoms with Gasteiger partial charge in [0.05, 0.1) is 0 Å². The summed E-state index contributed by atoms with van der Waals surface area (Å²) in [6, 6.07) is 0. The first-order valence-corrected chi connectivity index (χ1v) is 3.11. The summed E-state index contributed by atoms with van der Waals surface area (Å²) in [7, 11) is 3.24. The maximum absolute atomic E-state index is 11.0. The van der Waals surface area contributed by atoms with Crippen LogP contribution in [0.5, 0.6) is 0 Å². The molecule has 0 aliphatic carbocycles. The lowest BCUT2D eigenvalue weighted by Crippen LogP contribution is -2.18. The van der Waals surface area contributed by atoms with Crippen LogP contribution in [-0.2, 0) is 11.9 Å². The van der Waals surface area contributed by atoms with E-state index < -0.39 is 5.97 Å². The zero-order valence-electron chi connectivity index (χ0n) is 6.37. The summed E-state index contributed by atoms with van der Waals surface area (Å²) in [5, 5.41) is 0. The van der Waals surface area contributed by atoms with Gasteiger partial charge in [-0.25, -0.2) is 9.78 Å². The summed E-state index contributed by atoms with van der Waals surface area (Å²) in [6.45, 7) is 0. The van der Waals surface area contributed by atoms with Gasteiger partial charge in [0.15, 0.2) is 0 Å². The van der Waals surface area contributed by atoms with E-state index in [9.17, 15) is 4.79 Å². The molecule has 1 N–H and O–H groups in total. The van der Waals surface area contributed by atoms with E-state index in [0.29, 0.717) is 0 Å². The van der Waals surface area contributed by atoms with Gasteiger partial charge in [0.1, 0.15) is 0 Å². The number of carbonyl (C=O) groups is 1. The Kier molecular flexibility index (Phi) is 2.22. The van der Waals surface area contributed by atoms with Crippen LogP contribution >= 0.6 is 0 Å². The lowest BCUT2D eigenvalue weighted by atomic mass is 10.6. The highest BCUT2D eigenvalue weighted by Crippen LogP contribution is 1.94. The average Bonchev–Trinajstić information content (AvgIpc) is 2.36. The number of hydroxylamine groups is 1. The highest BCUT2D eigenvalue weighted by molar-refractivity contribution is 5.85. The highest BCUT2D eigenvalue weighted by Gasteiger charge is 2.10. The van der Waals surface area contributed by atoms with Crippen molar-refractivity contribution in [3.8, 4) is 0 Å². The van der Waals surface area contributed by atoms with Crippen LogP contribution in [0.15, 0.2) is 12.4 Å². The lowest BCUT2D eigenvalue weighted by Gasteiger charge is -1.99. The normalized spacial score (nSPS) is 9.64. The second kappa shape index (κ2) is 3.16. The van der Waals surface area contributed by atoms with Crippen LogP contribution in [0.3, 0.4) is 0 Å². The SMILES string of the molecule is CNOC(=O)c1nccn1C. The monoisotopic (exact) mass is 155 g/mol. The minimum absolute atomic E-state index is 0.277. The molecule has 0 aromatic carbocycles. The first kappa shape index (κ1) is 7.74. The second-order valence-electron chi connectivity index (χ2n) is 1.96. The predicted molar refractivity (Wildman–Crippen MR) is 37.7 cm³/mol. The summed E-state index contributed by atoms with van der Waals surface area (Å²) >= 11 is 0. The number of nitrogens with zero attached hydrogens (tertiary/aromatic N) is 2. The van der Waals surface area contributed by atoms with Gasteiger partial charge in [0.25, 0.3) is 0 Å². The summed E-state index contributed by atoms with van der Waals surface area (Å²) in [5.74, 6) is -0.209. The fourth-order valence-corrected chi connectivity index (χ4v) is 0.701. The molecule has 0 unspecified atom stereocenters. The number of rotatable bonds is 2. The molecule has 1 aromatic rings. The lowest BCUT2D eigenvalue weighted by molar-refractivity contribution is 0.0291. The maximum atomic E-state index is 11.0. The van der Waals surface area contributed by atoms with Gasteiger partial charge in [-0.3, -0.25) is 0 Å². The zero-order chi connectivity index (χ0) is 8.27. The molecule has 1 aromatic heterocycles. The third-order valence-corrected chi connectivity index (χ3v) is 1.20. The highest BCUT2D eigenvalue weighted by atomic mass is 16.7. The first-order chi connectivity index (χ1) is 5.25.